The molecule has 0 radical (unpaired) electrons. The van der Waals surface area contributed by atoms with Gasteiger partial charge in [-0.3, -0.25) is 9.78 Å². The molecule has 3 aromatic carbocycles. The van der Waals surface area contributed by atoms with E-state index in [1.807, 2.05) is 29.2 Å². The summed E-state index contributed by atoms with van der Waals surface area (Å²) in [7, 11) is 3.57. The zero-order valence-corrected chi connectivity index (χ0v) is 28.1. The number of fused-ring (bicyclic) bond motifs is 2. The molecule has 8 nitrogen and oxygen atoms in total. The van der Waals surface area contributed by atoms with E-state index in [-0.39, 0.29) is 35.2 Å². The second-order valence-corrected chi connectivity index (χ2v) is 12.5. The smallest absolute Gasteiger partial charge is 0.318 e. The maximum Gasteiger partial charge on any atom is 0.318 e. The summed E-state index contributed by atoms with van der Waals surface area (Å²) in [5.41, 5.74) is 1.09. The lowest BCUT2D eigenvalue weighted by Gasteiger charge is -2.35. The number of ether oxygens (including phenoxy) is 1. The summed E-state index contributed by atoms with van der Waals surface area (Å²) in [6.07, 6.45) is 5.47. The number of methoxy groups -OCH3 is 1. The van der Waals surface area contributed by atoms with Crippen molar-refractivity contribution >= 4 is 62.7 Å². The largest absolute Gasteiger partial charge is 0.467 e. The number of aromatic nitrogens is 3. The molecule has 0 bridgehead atoms. The van der Waals surface area contributed by atoms with Gasteiger partial charge >= 0.3 is 6.01 Å². The van der Waals surface area contributed by atoms with E-state index in [9.17, 15) is 9.18 Å². The van der Waals surface area contributed by atoms with Gasteiger partial charge in [-0.1, -0.05) is 59.6 Å². The number of nitrogens with zero attached hydrogens (tertiary/aromatic N) is 6. The molecule has 4 heterocycles. The zero-order chi connectivity index (χ0) is 33.8. The van der Waals surface area contributed by atoms with Crippen molar-refractivity contribution in [2.45, 2.75) is 12.8 Å². The molecule has 1 amide bonds. The molecular weight excluding hydrogens is 657 g/mol. The van der Waals surface area contributed by atoms with Crippen LogP contribution < -0.4 is 9.64 Å². The predicted molar refractivity (Wildman–Crippen MR) is 188 cm³/mol. The van der Waals surface area contributed by atoms with Crippen molar-refractivity contribution in [2.24, 2.45) is 0 Å². The van der Waals surface area contributed by atoms with Crippen molar-refractivity contribution in [2.75, 3.05) is 58.3 Å². The van der Waals surface area contributed by atoms with E-state index in [1.165, 1.54) is 44.1 Å². The van der Waals surface area contributed by atoms with Gasteiger partial charge in [0.15, 0.2) is 11.6 Å². The van der Waals surface area contributed by atoms with Gasteiger partial charge in [0.25, 0.3) is 5.91 Å². The fraction of sp³-hybridized carbons (Fsp3) is 0.278. The minimum Gasteiger partial charge on any atom is -0.467 e. The van der Waals surface area contributed by atoms with Crippen LogP contribution in [0.15, 0.2) is 72.7 Å². The van der Waals surface area contributed by atoms with Crippen molar-refractivity contribution in [3.05, 3.63) is 94.2 Å². The van der Waals surface area contributed by atoms with Crippen molar-refractivity contribution in [3.8, 4) is 17.1 Å². The number of anilines is 1. The van der Waals surface area contributed by atoms with Crippen molar-refractivity contribution in [1.29, 1.82) is 0 Å². The third kappa shape index (κ3) is 7.06. The van der Waals surface area contributed by atoms with Gasteiger partial charge in [0.05, 0.1) is 17.8 Å². The first-order valence-corrected chi connectivity index (χ1v) is 16.4. The van der Waals surface area contributed by atoms with Crippen LogP contribution in [0.1, 0.15) is 18.5 Å². The number of hydrogen-bond acceptors (Lipinski definition) is 7. The summed E-state index contributed by atoms with van der Waals surface area (Å²) in [5.74, 6) is -1.86. The third-order valence-electron chi connectivity index (χ3n) is 8.51. The molecule has 2 aliphatic heterocycles. The zero-order valence-electron chi connectivity index (χ0n) is 26.6. The standard InChI is InChI=1S/C31H23Cl2F2N5O2.C5H11N/c1-42-31-37-28-21(17-23(33)26(27(28)35)20-9-4-6-18-7-5-10-22(32)25(18)20)29(38-31)39-12-14-40(15-13-39)30(41)24(34)16-19-8-2-3-11-36-19;1-6-4-2-3-5-6/h2-11,16-17H,12-15H2,1H3;2-5H2,1H3/b24-16-;. The number of pyridine rings is 1. The highest BCUT2D eigenvalue weighted by Gasteiger charge is 2.28. The van der Waals surface area contributed by atoms with Crippen LogP contribution in [-0.4, -0.2) is 84.1 Å². The van der Waals surface area contributed by atoms with E-state index >= 15 is 4.39 Å². The molecular formula is C36H34Cl2F2N6O2. The number of carbonyl (C=O) groups excluding carboxylic acids is 1. The topological polar surface area (TPSA) is 74.7 Å². The van der Waals surface area contributed by atoms with Gasteiger partial charge in [-0.15, -0.1) is 0 Å². The van der Waals surface area contributed by atoms with E-state index in [1.54, 1.807) is 36.4 Å². The summed E-state index contributed by atoms with van der Waals surface area (Å²) in [4.78, 5) is 31.3. The Labute approximate surface area is 287 Å². The van der Waals surface area contributed by atoms with Crippen LogP contribution >= 0.6 is 23.2 Å². The summed E-state index contributed by atoms with van der Waals surface area (Å²) >= 11 is 13.3. The van der Waals surface area contributed by atoms with Gasteiger partial charge in [-0.25, -0.2) is 8.78 Å². The Hall–Kier alpha value is -4.38. The molecule has 5 aromatic rings. The molecule has 0 saturated carbocycles. The summed E-state index contributed by atoms with van der Waals surface area (Å²) in [6.45, 7) is 3.72. The minimum atomic E-state index is -0.897. The maximum atomic E-state index is 16.4. The first-order chi connectivity index (χ1) is 23.2. The molecule has 248 valence electrons. The highest BCUT2D eigenvalue weighted by Crippen LogP contribution is 2.42. The van der Waals surface area contributed by atoms with E-state index in [4.69, 9.17) is 27.9 Å². The highest BCUT2D eigenvalue weighted by molar-refractivity contribution is 6.38. The van der Waals surface area contributed by atoms with Crippen LogP contribution in [0.25, 0.3) is 38.9 Å². The first kappa shape index (κ1) is 33.5. The monoisotopic (exact) mass is 690 g/mol. The minimum absolute atomic E-state index is 0.0246. The molecule has 2 saturated heterocycles. The second-order valence-electron chi connectivity index (χ2n) is 11.7. The molecule has 2 fully saturated rings. The van der Waals surface area contributed by atoms with Gasteiger partial charge in [0, 0.05) is 59.8 Å². The molecule has 2 aromatic heterocycles. The first-order valence-electron chi connectivity index (χ1n) is 15.7. The Balaban J connectivity index is 0.000000604. The number of benzene rings is 3. The lowest BCUT2D eigenvalue weighted by atomic mass is 9.96. The van der Waals surface area contributed by atoms with Gasteiger partial charge < -0.3 is 19.4 Å². The van der Waals surface area contributed by atoms with E-state index in [2.05, 4.69) is 26.9 Å². The van der Waals surface area contributed by atoms with E-state index in [0.717, 1.165) is 11.5 Å². The molecule has 12 heteroatoms. The third-order valence-corrected chi connectivity index (χ3v) is 9.12. The Morgan fingerprint density at radius 2 is 1.65 bits per heavy atom. The number of piperazine rings is 1. The van der Waals surface area contributed by atoms with Gasteiger partial charge in [-0.05, 0) is 68.2 Å². The fourth-order valence-electron chi connectivity index (χ4n) is 6.04. The van der Waals surface area contributed by atoms with Gasteiger partial charge in [0.1, 0.15) is 11.3 Å². The predicted octanol–water partition coefficient (Wildman–Crippen LogP) is 7.67. The molecule has 0 aliphatic carbocycles. The molecule has 0 N–H and O–H groups in total. The summed E-state index contributed by atoms with van der Waals surface area (Å²) in [5, 5.41) is 2.54. The summed E-state index contributed by atoms with van der Waals surface area (Å²) in [6, 6.07) is 17.6. The van der Waals surface area contributed by atoms with Crippen LogP contribution in [0, 0.1) is 5.82 Å². The van der Waals surface area contributed by atoms with Crippen LogP contribution in [0.2, 0.25) is 10.0 Å². The van der Waals surface area contributed by atoms with Crippen LogP contribution in [0.3, 0.4) is 0 Å². The molecule has 7 rings (SSSR count). The normalized spacial score (nSPS) is 15.5. The van der Waals surface area contributed by atoms with E-state index < -0.39 is 17.6 Å². The molecule has 2 aliphatic rings. The quantitative estimate of drug-likeness (QED) is 0.175. The van der Waals surface area contributed by atoms with Gasteiger partial charge in [0.2, 0.25) is 0 Å². The van der Waals surface area contributed by atoms with Crippen molar-refractivity contribution in [1.82, 2.24) is 24.8 Å². The Kier molecular flexibility index (Phi) is 10.3. The number of halogens is 4. The van der Waals surface area contributed by atoms with Gasteiger partial charge in [-0.2, -0.15) is 9.97 Å². The molecule has 0 spiro atoms. The SMILES string of the molecule is CN1CCCC1.COc1nc(N2CCN(C(=O)/C(F)=C/c3ccccn3)CC2)c2cc(Cl)c(-c3cccc4cccc(Cl)c34)c(F)c2n1. The molecule has 48 heavy (non-hydrogen) atoms. The Morgan fingerprint density at radius 1 is 0.917 bits per heavy atom. The molecule has 0 atom stereocenters. The number of rotatable bonds is 5. The number of hydrogen-bond donors (Lipinski definition) is 0. The van der Waals surface area contributed by atoms with Crippen LogP contribution in [0.4, 0.5) is 14.6 Å². The number of carbonyl (C=O) groups is 1. The average Bonchev–Trinajstić information content (AvgIpc) is 3.59. The number of likely N-dealkylation sites (tertiary alicyclic amines) is 1. The second kappa shape index (κ2) is 14.8. The molecule has 0 unspecified atom stereocenters. The number of amides is 1. The Bertz CT molecular complexity index is 1980. The van der Waals surface area contributed by atoms with Crippen molar-refractivity contribution < 1.29 is 18.3 Å². The van der Waals surface area contributed by atoms with Crippen LogP contribution in [-0.2, 0) is 4.79 Å². The van der Waals surface area contributed by atoms with E-state index in [0.29, 0.717) is 46.0 Å². The highest BCUT2D eigenvalue weighted by atomic mass is 35.5. The average molecular weight is 692 g/mol. The maximum absolute atomic E-state index is 16.4. The summed E-state index contributed by atoms with van der Waals surface area (Å²) < 4.78 is 36.4. The fourth-order valence-corrected chi connectivity index (χ4v) is 6.62. The lowest BCUT2D eigenvalue weighted by Crippen LogP contribution is -2.49. The van der Waals surface area contributed by atoms with Crippen LogP contribution in [0.5, 0.6) is 6.01 Å². The van der Waals surface area contributed by atoms with Crippen molar-refractivity contribution in [3.63, 3.8) is 0 Å². The Morgan fingerprint density at radius 3 is 2.29 bits per heavy atom. The lowest BCUT2D eigenvalue weighted by molar-refractivity contribution is -0.128.